The zero-order chi connectivity index (χ0) is 29.0. The zero-order valence-electron chi connectivity index (χ0n) is 25.4. The molecule has 0 aromatic heterocycles. The fraction of sp³-hybridized carbons (Fsp3) is 0.647. The van der Waals surface area contributed by atoms with Gasteiger partial charge in [0, 0.05) is 47.3 Å². The van der Waals surface area contributed by atoms with E-state index in [4.69, 9.17) is 9.47 Å². The number of carbonyl (C=O) groups is 2. The van der Waals surface area contributed by atoms with Crippen LogP contribution in [0, 0.1) is 10.8 Å². The molecule has 0 spiro atoms. The smallest absolute Gasteiger partial charge is 0.175 e. The lowest BCUT2D eigenvalue weighted by Crippen LogP contribution is -2.48. The van der Waals surface area contributed by atoms with Gasteiger partial charge in [-0.15, -0.1) is 0 Å². The molecule has 0 bridgehead atoms. The van der Waals surface area contributed by atoms with E-state index in [1.165, 1.54) is 30.7 Å². The first-order chi connectivity index (χ1) is 18.8. The van der Waals surface area contributed by atoms with Gasteiger partial charge in [-0.05, 0) is 90.9 Å². The second-order valence-electron chi connectivity index (χ2n) is 14.1. The fourth-order valence-electron chi connectivity index (χ4n) is 7.48. The molecule has 1 heterocycles. The number of nitrogens with zero attached hydrogens (tertiary/aromatic N) is 1. The second-order valence-corrected chi connectivity index (χ2v) is 15.0. The van der Waals surface area contributed by atoms with E-state index in [-0.39, 0.29) is 34.4 Å². The van der Waals surface area contributed by atoms with Crippen molar-refractivity contribution < 1.29 is 19.1 Å². The van der Waals surface area contributed by atoms with Crippen molar-refractivity contribution in [3.8, 4) is 11.5 Å². The topological polar surface area (TPSA) is 55.8 Å². The third-order valence-corrected chi connectivity index (χ3v) is 9.50. The molecule has 0 amide bonds. The van der Waals surface area contributed by atoms with Crippen molar-refractivity contribution in [2.24, 2.45) is 10.8 Å². The fourth-order valence-corrected chi connectivity index (χ4v) is 8.03. The Morgan fingerprint density at radius 3 is 1.95 bits per heavy atom. The van der Waals surface area contributed by atoms with Gasteiger partial charge in [0.2, 0.25) is 0 Å². The van der Waals surface area contributed by atoms with Crippen LogP contribution in [-0.2, 0) is 9.59 Å². The summed E-state index contributed by atoms with van der Waals surface area (Å²) in [6.45, 7) is 15.3. The summed E-state index contributed by atoms with van der Waals surface area (Å²) in [6.07, 6.45) is 8.56. The highest BCUT2D eigenvalue weighted by atomic mass is 79.9. The number of ketones is 2. The van der Waals surface area contributed by atoms with Crippen LogP contribution in [0.2, 0.25) is 0 Å². The van der Waals surface area contributed by atoms with E-state index in [0.717, 1.165) is 46.9 Å². The van der Waals surface area contributed by atoms with Gasteiger partial charge in [-0.3, -0.25) is 9.59 Å². The van der Waals surface area contributed by atoms with Crippen molar-refractivity contribution in [3.63, 3.8) is 0 Å². The first kappa shape index (κ1) is 29.4. The van der Waals surface area contributed by atoms with E-state index in [1.807, 2.05) is 26.8 Å². The number of benzene rings is 1. The molecular weight excluding hydrogens is 566 g/mol. The lowest BCUT2D eigenvalue weighted by molar-refractivity contribution is -0.119. The highest BCUT2D eigenvalue weighted by molar-refractivity contribution is 9.10. The molecule has 1 aromatic rings. The van der Waals surface area contributed by atoms with Gasteiger partial charge in [-0.1, -0.05) is 47.0 Å². The van der Waals surface area contributed by atoms with Crippen LogP contribution < -0.4 is 9.47 Å². The molecule has 4 aliphatic rings. The lowest BCUT2D eigenvalue weighted by Gasteiger charge is -2.52. The number of ether oxygens (including phenoxy) is 2. The Bertz CT molecular complexity index is 1210. The highest BCUT2D eigenvalue weighted by Crippen LogP contribution is 2.56. The molecule has 0 unspecified atom stereocenters. The van der Waals surface area contributed by atoms with Crippen LogP contribution in [0.25, 0.3) is 0 Å². The first-order valence-corrected chi connectivity index (χ1v) is 16.1. The van der Waals surface area contributed by atoms with Crippen molar-refractivity contribution in [2.75, 3.05) is 6.61 Å². The molecule has 3 aliphatic carbocycles. The van der Waals surface area contributed by atoms with Crippen molar-refractivity contribution in [1.29, 1.82) is 0 Å². The number of allylic oxidation sites excluding steroid dienone is 4. The van der Waals surface area contributed by atoms with Gasteiger partial charge in [0.1, 0.15) is 0 Å². The van der Waals surface area contributed by atoms with Crippen LogP contribution in [0.4, 0.5) is 0 Å². The Balaban J connectivity index is 1.77. The van der Waals surface area contributed by atoms with E-state index in [1.54, 1.807) is 0 Å². The summed E-state index contributed by atoms with van der Waals surface area (Å²) in [5.74, 6) is 1.28. The summed E-state index contributed by atoms with van der Waals surface area (Å²) in [5.41, 5.74) is 4.69. The molecule has 0 saturated heterocycles. The number of rotatable bonds is 6. The summed E-state index contributed by atoms with van der Waals surface area (Å²) >= 11 is 3.76. The van der Waals surface area contributed by atoms with Crippen LogP contribution in [0.3, 0.4) is 0 Å². The molecule has 5 nitrogen and oxygen atoms in total. The predicted octanol–water partition coefficient (Wildman–Crippen LogP) is 8.65. The summed E-state index contributed by atoms with van der Waals surface area (Å²) in [5, 5.41) is 0. The number of halogens is 1. The van der Waals surface area contributed by atoms with E-state index >= 15 is 0 Å². The summed E-state index contributed by atoms with van der Waals surface area (Å²) in [6, 6.07) is 4.42. The maximum Gasteiger partial charge on any atom is 0.175 e. The molecule has 1 aliphatic heterocycles. The van der Waals surface area contributed by atoms with Gasteiger partial charge in [-0.2, -0.15) is 0 Å². The molecule has 0 atom stereocenters. The molecule has 6 heteroatoms. The number of carbonyl (C=O) groups excluding carboxylic acids is 2. The van der Waals surface area contributed by atoms with Crippen molar-refractivity contribution in [1.82, 2.24) is 4.90 Å². The molecule has 5 rings (SSSR count). The minimum Gasteiger partial charge on any atom is -0.490 e. The van der Waals surface area contributed by atoms with Crippen LogP contribution in [0.1, 0.15) is 118 Å². The van der Waals surface area contributed by atoms with Crippen molar-refractivity contribution in [3.05, 3.63) is 44.7 Å². The number of hydrogen-bond donors (Lipinski definition) is 0. The SMILES string of the molecule is CCOc1cc(C2C3=C(CC(C)(C)CC3=O)N(C3CCCCC3)C3=C2C(=O)CC(C)(C)C3)cc(Br)c1OC(C)C. The average molecular weight is 613 g/mol. The minimum atomic E-state index is -0.388. The molecular formula is C34H46BrNO4. The Hall–Kier alpha value is -2.08. The monoisotopic (exact) mass is 611 g/mol. The Labute approximate surface area is 248 Å². The minimum absolute atomic E-state index is 0.0204. The molecule has 218 valence electrons. The average Bonchev–Trinajstić information content (AvgIpc) is 2.83. The molecule has 0 N–H and O–H groups in total. The van der Waals surface area contributed by atoms with Gasteiger partial charge in [0.05, 0.1) is 17.2 Å². The van der Waals surface area contributed by atoms with Gasteiger partial charge in [0.25, 0.3) is 0 Å². The van der Waals surface area contributed by atoms with Crippen LogP contribution >= 0.6 is 15.9 Å². The highest BCUT2D eigenvalue weighted by Gasteiger charge is 2.50. The lowest BCUT2D eigenvalue weighted by atomic mass is 9.63. The Morgan fingerprint density at radius 2 is 1.45 bits per heavy atom. The maximum atomic E-state index is 14.2. The number of hydrogen-bond acceptors (Lipinski definition) is 5. The standard InChI is InChI=1S/C34H46BrNO4/c1-8-39-28-15-21(14-23(35)32(28)40-20(2)3)29-30-24(16-33(4,5)18-26(30)37)36(22-12-10-9-11-13-22)25-17-34(6,7)19-27(38)31(25)29/h14-15,20,22,29H,8-13,16-19H2,1-7H3. The third-order valence-electron chi connectivity index (χ3n) is 8.91. The molecule has 40 heavy (non-hydrogen) atoms. The van der Waals surface area contributed by atoms with Gasteiger partial charge in [-0.25, -0.2) is 0 Å². The molecule has 1 saturated carbocycles. The summed E-state index contributed by atoms with van der Waals surface area (Å²) < 4.78 is 13.0. The molecule has 1 fully saturated rings. The van der Waals surface area contributed by atoms with Crippen LogP contribution in [0.15, 0.2) is 39.1 Å². The van der Waals surface area contributed by atoms with Gasteiger partial charge < -0.3 is 14.4 Å². The van der Waals surface area contributed by atoms with Gasteiger partial charge in [0.15, 0.2) is 23.1 Å². The molecule has 0 radical (unpaired) electrons. The normalized spacial score (nSPS) is 23.5. The van der Waals surface area contributed by atoms with Crippen molar-refractivity contribution in [2.45, 2.75) is 124 Å². The predicted molar refractivity (Wildman–Crippen MR) is 163 cm³/mol. The van der Waals surface area contributed by atoms with Crippen LogP contribution in [-0.4, -0.2) is 35.2 Å². The van der Waals surface area contributed by atoms with E-state index in [9.17, 15) is 9.59 Å². The van der Waals surface area contributed by atoms with E-state index in [2.05, 4.69) is 54.6 Å². The largest absolute Gasteiger partial charge is 0.490 e. The van der Waals surface area contributed by atoms with Crippen LogP contribution in [0.5, 0.6) is 11.5 Å². The van der Waals surface area contributed by atoms with Crippen molar-refractivity contribution >= 4 is 27.5 Å². The quantitative estimate of drug-likeness (QED) is 0.322. The first-order valence-electron chi connectivity index (χ1n) is 15.3. The summed E-state index contributed by atoms with van der Waals surface area (Å²) in [7, 11) is 0. The third kappa shape index (κ3) is 5.54. The Kier molecular flexibility index (Phi) is 8.06. The maximum absolute atomic E-state index is 14.2. The molecule has 1 aromatic carbocycles. The van der Waals surface area contributed by atoms with E-state index < -0.39 is 0 Å². The number of Topliss-reactive ketones (excluding diaryl/α,β-unsaturated/α-hetero) is 2. The second kappa shape index (κ2) is 11.0. The van der Waals surface area contributed by atoms with Gasteiger partial charge >= 0.3 is 0 Å². The zero-order valence-corrected chi connectivity index (χ0v) is 27.0. The Morgan fingerprint density at radius 1 is 0.900 bits per heavy atom. The summed E-state index contributed by atoms with van der Waals surface area (Å²) in [4.78, 5) is 30.9. The van der Waals surface area contributed by atoms with E-state index in [0.29, 0.717) is 37.0 Å².